The van der Waals surface area contributed by atoms with Crippen molar-refractivity contribution in [2.75, 3.05) is 32.5 Å². The Bertz CT molecular complexity index is 687. The average Bonchev–Trinajstić information content (AvgIpc) is 2.59. The van der Waals surface area contributed by atoms with Crippen molar-refractivity contribution in [2.45, 2.75) is 26.3 Å². The Morgan fingerprint density at radius 3 is 2.60 bits per heavy atom. The number of nitrogens with zero attached hydrogens (tertiary/aromatic N) is 3. The van der Waals surface area contributed by atoms with Crippen molar-refractivity contribution in [2.24, 2.45) is 0 Å². The van der Waals surface area contributed by atoms with Crippen LogP contribution in [0.25, 0.3) is 0 Å². The van der Waals surface area contributed by atoms with Gasteiger partial charge in [-0.15, -0.1) is 0 Å². The summed E-state index contributed by atoms with van der Waals surface area (Å²) in [6.45, 7) is 5.58. The van der Waals surface area contributed by atoms with Gasteiger partial charge in [0.05, 0.1) is 6.04 Å². The van der Waals surface area contributed by atoms with Gasteiger partial charge in [-0.25, -0.2) is 9.97 Å². The molecule has 1 aromatic carbocycles. The van der Waals surface area contributed by atoms with Crippen LogP contribution in [0.5, 0.6) is 0 Å². The maximum atomic E-state index is 12.5. The Labute approximate surface area is 149 Å². The van der Waals surface area contributed by atoms with E-state index < -0.39 is 0 Å². The third kappa shape index (κ3) is 6.15. The molecule has 2 aromatic rings. The molecule has 0 aliphatic heterocycles. The largest absolute Gasteiger partial charge is 0.354 e. The molecule has 1 aromatic heterocycles. The number of hydrogen-bond donors (Lipinski definition) is 2. The van der Waals surface area contributed by atoms with E-state index in [0.717, 1.165) is 30.8 Å². The minimum absolute atomic E-state index is 0.0829. The number of nitrogens with one attached hydrogen (secondary N) is 2. The summed E-state index contributed by atoms with van der Waals surface area (Å²) in [6, 6.07) is 11.5. The molecule has 1 unspecified atom stereocenters. The number of aromatic nitrogens is 2. The minimum Gasteiger partial charge on any atom is -0.354 e. The Morgan fingerprint density at radius 1 is 1.20 bits per heavy atom. The van der Waals surface area contributed by atoms with Crippen LogP contribution in [0.3, 0.4) is 0 Å². The lowest BCUT2D eigenvalue weighted by atomic mass is 10.1. The normalized spacial score (nSPS) is 12.0. The summed E-state index contributed by atoms with van der Waals surface area (Å²) in [6.07, 6.45) is 0.983. The molecule has 2 rings (SSSR count). The van der Waals surface area contributed by atoms with Crippen LogP contribution in [-0.4, -0.2) is 48.0 Å². The molecule has 0 aliphatic rings. The smallest absolute Gasteiger partial charge is 0.270 e. The third-order valence-corrected chi connectivity index (χ3v) is 3.80. The fourth-order valence-corrected chi connectivity index (χ4v) is 2.46. The lowest BCUT2D eigenvalue weighted by Crippen LogP contribution is -2.28. The van der Waals surface area contributed by atoms with E-state index in [2.05, 4.69) is 25.5 Å². The molecule has 0 saturated heterocycles. The summed E-state index contributed by atoms with van der Waals surface area (Å²) in [4.78, 5) is 23.3. The maximum absolute atomic E-state index is 12.5. The van der Waals surface area contributed by atoms with Crippen LogP contribution in [-0.2, 0) is 0 Å². The predicted molar refractivity (Wildman–Crippen MR) is 101 cm³/mol. The molecule has 0 saturated carbocycles. The number of rotatable bonds is 8. The van der Waals surface area contributed by atoms with Gasteiger partial charge in [0.2, 0.25) is 5.95 Å². The lowest BCUT2D eigenvalue weighted by Gasteiger charge is -2.15. The van der Waals surface area contributed by atoms with E-state index in [-0.39, 0.29) is 11.9 Å². The number of amides is 1. The van der Waals surface area contributed by atoms with Gasteiger partial charge in [-0.05, 0) is 52.5 Å². The number of carbonyl (C=O) groups is 1. The molecule has 0 spiro atoms. The highest BCUT2D eigenvalue weighted by Gasteiger charge is 2.14. The van der Waals surface area contributed by atoms with Gasteiger partial charge < -0.3 is 15.5 Å². The van der Waals surface area contributed by atoms with E-state index in [9.17, 15) is 4.79 Å². The first-order chi connectivity index (χ1) is 12.0. The highest BCUT2D eigenvalue weighted by molar-refractivity contribution is 5.92. The fourth-order valence-electron chi connectivity index (χ4n) is 2.46. The maximum Gasteiger partial charge on any atom is 0.270 e. The van der Waals surface area contributed by atoms with Crippen LogP contribution in [0.1, 0.15) is 41.1 Å². The first-order valence-corrected chi connectivity index (χ1v) is 8.56. The second-order valence-corrected chi connectivity index (χ2v) is 6.41. The first kappa shape index (κ1) is 18.9. The summed E-state index contributed by atoms with van der Waals surface area (Å²) in [5.41, 5.74) is 2.21. The van der Waals surface area contributed by atoms with Crippen LogP contribution < -0.4 is 10.6 Å². The van der Waals surface area contributed by atoms with Crippen molar-refractivity contribution in [3.05, 3.63) is 53.3 Å². The summed E-state index contributed by atoms with van der Waals surface area (Å²) in [7, 11) is 4.08. The molecule has 134 valence electrons. The number of anilines is 1. The van der Waals surface area contributed by atoms with Crippen LogP contribution in [0.2, 0.25) is 0 Å². The topological polar surface area (TPSA) is 70.2 Å². The average molecular weight is 341 g/mol. The van der Waals surface area contributed by atoms with Gasteiger partial charge in [0.15, 0.2) is 0 Å². The highest BCUT2D eigenvalue weighted by atomic mass is 16.1. The molecule has 6 nitrogen and oxygen atoms in total. The Balaban J connectivity index is 1.99. The van der Waals surface area contributed by atoms with E-state index in [0.29, 0.717) is 11.6 Å². The molecule has 25 heavy (non-hydrogen) atoms. The van der Waals surface area contributed by atoms with Gasteiger partial charge >= 0.3 is 0 Å². The van der Waals surface area contributed by atoms with Gasteiger partial charge in [-0.2, -0.15) is 0 Å². The summed E-state index contributed by atoms with van der Waals surface area (Å²) in [5.74, 6) is 0.300. The lowest BCUT2D eigenvalue weighted by molar-refractivity contribution is 0.0934. The Hall–Kier alpha value is -2.47. The van der Waals surface area contributed by atoms with Gasteiger partial charge in [-0.1, -0.05) is 30.3 Å². The molecular weight excluding hydrogens is 314 g/mol. The molecular formula is C19H27N5O. The number of benzene rings is 1. The molecule has 0 radical (unpaired) electrons. The van der Waals surface area contributed by atoms with E-state index >= 15 is 0 Å². The third-order valence-electron chi connectivity index (χ3n) is 3.80. The molecule has 1 heterocycles. The van der Waals surface area contributed by atoms with Crippen LogP contribution in [0.4, 0.5) is 5.95 Å². The zero-order valence-electron chi connectivity index (χ0n) is 15.4. The van der Waals surface area contributed by atoms with E-state index in [1.807, 2.05) is 58.3 Å². The molecule has 1 atom stereocenters. The van der Waals surface area contributed by atoms with Crippen molar-refractivity contribution in [3.8, 4) is 0 Å². The van der Waals surface area contributed by atoms with Crippen LogP contribution in [0, 0.1) is 6.92 Å². The van der Waals surface area contributed by atoms with E-state index in [1.165, 1.54) is 0 Å². The molecule has 1 amide bonds. The highest BCUT2D eigenvalue weighted by Crippen LogP contribution is 2.13. The van der Waals surface area contributed by atoms with Crippen molar-refractivity contribution < 1.29 is 4.79 Å². The summed E-state index contributed by atoms with van der Waals surface area (Å²) < 4.78 is 0. The molecule has 0 fully saturated rings. The second kappa shape index (κ2) is 9.13. The fraction of sp³-hybridized carbons (Fsp3) is 0.421. The van der Waals surface area contributed by atoms with Crippen LogP contribution in [0.15, 0.2) is 36.4 Å². The second-order valence-electron chi connectivity index (χ2n) is 6.41. The quantitative estimate of drug-likeness (QED) is 0.722. The molecule has 2 N–H and O–H groups in total. The summed E-state index contributed by atoms with van der Waals surface area (Å²) >= 11 is 0. The molecule has 0 bridgehead atoms. The van der Waals surface area contributed by atoms with Gasteiger partial charge in [0.1, 0.15) is 5.69 Å². The SMILES string of the molecule is Cc1cc(C(=O)NC(C)c2ccccc2)nc(NCCCN(C)C)n1. The first-order valence-electron chi connectivity index (χ1n) is 8.56. The zero-order valence-corrected chi connectivity index (χ0v) is 15.4. The number of aryl methyl sites for hydroxylation is 1. The van der Waals surface area contributed by atoms with Gasteiger partial charge in [-0.3, -0.25) is 4.79 Å². The predicted octanol–water partition coefficient (Wildman–Crippen LogP) is 2.64. The molecule has 0 aliphatic carbocycles. The van der Waals surface area contributed by atoms with Gasteiger partial charge in [0.25, 0.3) is 5.91 Å². The van der Waals surface area contributed by atoms with Crippen molar-refractivity contribution >= 4 is 11.9 Å². The summed E-state index contributed by atoms with van der Waals surface area (Å²) in [5, 5.41) is 6.18. The minimum atomic E-state index is -0.196. The monoisotopic (exact) mass is 341 g/mol. The zero-order chi connectivity index (χ0) is 18.2. The van der Waals surface area contributed by atoms with Gasteiger partial charge in [0, 0.05) is 12.2 Å². The Morgan fingerprint density at radius 2 is 1.92 bits per heavy atom. The van der Waals surface area contributed by atoms with Crippen LogP contribution >= 0.6 is 0 Å². The number of hydrogen-bond acceptors (Lipinski definition) is 5. The standard InChI is InChI=1S/C19H27N5O/c1-14-13-17(23-19(21-14)20-11-8-12-24(3)4)18(25)22-15(2)16-9-6-5-7-10-16/h5-7,9-10,13,15H,8,11-12H2,1-4H3,(H,22,25)(H,20,21,23). The van der Waals surface area contributed by atoms with Crippen molar-refractivity contribution in [3.63, 3.8) is 0 Å². The molecule has 6 heteroatoms. The van der Waals surface area contributed by atoms with E-state index in [1.54, 1.807) is 6.07 Å². The van der Waals surface area contributed by atoms with E-state index in [4.69, 9.17) is 0 Å². The van der Waals surface area contributed by atoms with Crippen molar-refractivity contribution in [1.82, 2.24) is 20.2 Å². The Kier molecular flexibility index (Phi) is 6.89. The number of carbonyl (C=O) groups excluding carboxylic acids is 1. The van der Waals surface area contributed by atoms with Crippen molar-refractivity contribution in [1.29, 1.82) is 0 Å².